The number of nitrogens with two attached hydrogens (primary N) is 1. The standard InChI is InChI=1S/C10H11N3.2ClH/c1-7-6-12-10(13-7)8-2-4-9(11)5-3-8;;/h2-6H,11H2,1H3,(H,12,13);2*1H. The molecule has 0 aliphatic carbocycles. The van der Waals surface area contributed by atoms with Crippen molar-refractivity contribution in [2.24, 2.45) is 0 Å². The molecule has 0 saturated carbocycles. The van der Waals surface area contributed by atoms with Gasteiger partial charge in [0.2, 0.25) is 0 Å². The normalized spacial score (nSPS) is 8.87. The Morgan fingerprint density at radius 3 is 2.20 bits per heavy atom. The Hall–Kier alpha value is -1.19. The number of nitrogen functional groups attached to an aromatic ring is 1. The van der Waals surface area contributed by atoms with Crippen LogP contribution in [-0.2, 0) is 0 Å². The average Bonchev–Trinajstić information content (AvgIpc) is 2.53. The fourth-order valence-corrected chi connectivity index (χ4v) is 1.20. The molecule has 0 fully saturated rings. The lowest BCUT2D eigenvalue weighted by atomic mass is 10.2. The number of halogens is 2. The maximum atomic E-state index is 5.58. The minimum Gasteiger partial charge on any atom is -0.399 e. The molecule has 0 aliphatic rings. The predicted octanol–water partition coefficient (Wildman–Crippen LogP) is 2.81. The summed E-state index contributed by atoms with van der Waals surface area (Å²) in [6, 6.07) is 7.64. The van der Waals surface area contributed by atoms with E-state index in [0.29, 0.717) is 0 Å². The largest absolute Gasteiger partial charge is 0.399 e. The molecular formula is C10H13Cl2N3. The van der Waals surface area contributed by atoms with E-state index in [1.807, 2.05) is 37.4 Å². The number of hydrogen-bond donors (Lipinski definition) is 2. The number of nitrogens with zero attached hydrogens (tertiary/aromatic N) is 1. The number of aromatic nitrogens is 2. The molecule has 0 spiro atoms. The molecule has 1 aromatic carbocycles. The maximum Gasteiger partial charge on any atom is 0.137 e. The van der Waals surface area contributed by atoms with E-state index < -0.39 is 0 Å². The van der Waals surface area contributed by atoms with Crippen molar-refractivity contribution < 1.29 is 0 Å². The van der Waals surface area contributed by atoms with Gasteiger partial charge in [-0.2, -0.15) is 0 Å². The van der Waals surface area contributed by atoms with Gasteiger partial charge in [-0.05, 0) is 31.2 Å². The predicted molar refractivity (Wildman–Crippen MR) is 67.7 cm³/mol. The van der Waals surface area contributed by atoms with Crippen LogP contribution in [0.25, 0.3) is 11.4 Å². The summed E-state index contributed by atoms with van der Waals surface area (Å²) in [6.45, 7) is 1.98. The highest BCUT2D eigenvalue weighted by atomic mass is 35.5. The number of aryl methyl sites for hydroxylation is 1. The molecule has 82 valence electrons. The molecule has 1 heterocycles. The SMILES string of the molecule is Cc1cnc(-c2ccc(N)cc2)[nH]1.Cl.Cl. The van der Waals surface area contributed by atoms with Crippen LogP contribution in [0.5, 0.6) is 0 Å². The number of anilines is 1. The topological polar surface area (TPSA) is 54.7 Å². The summed E-state index contributed by atoms with van der Waals surface area (Å²) in [5, 5.41) is 0. The van der Waals surface area contributed by atoms with Gasteiger partial charge >= 0.3 is 0 Å². The summed E-state index contributed by atoms with van der Waals surface area (Å²) >= 11 is 0. The fourth-order valence-electron chi connectivity index (χ4n) is 1.20. The van der Waals surface area contributed by atoms with Gasteiger partial charge < -0.3 is 10.7 Å². The third kappa shape index (κ3) is 3.15. The molecule has 0 amide bonds. The molecule has 3 nitrogen and oxygen atoms in total. The van der Waals surface area contributed by atoms with Crippen LogP contribution in [0, 0.1) is 6.92 Å². The summed E-state index contributed by atoms with van der Waals surface area (Å²) in [5.41, 5.74) is 8.47. The molecule has 5 heteroatoms. The molecule has 0 aliphatic heterocycles. The lowest BCUT2D eigenvalue weighted by Crippen LogP contribution is -1.85. The quantitative estimate of drug-likeness (QED) is 0.760. The van der Waals surface area contributed by atoms with Crippen molar-refractivity contribution in [3.05, 3.63) is 36.2 Å². The molecular weight excluding hydrogens is 233 g/mol. The minimum absolute atomic E-state index is 0. The average molecular weight is 246 g/mol. The van der Waals surface area contributed by atoms with E-state index in [1.54, 1.807) is 0 Å². The Labute approximate surface area is 101 Å². The van der Waals surface area contributed by atoms with Crippen LogP contribution in [0.15, 0.2) is 30.5 Å². The number of benzene rings is 1. The first-order valence-electron chi connectivity index (χ1n) is 4.13. The fraction of sp³-hybridized carbons (Fsp3) is 0.100. The molecule has 15 heavy (non-hydrogen) atoms. The van der Waals surface area contributed by atoms with Crippen molar-refractivity contribution in [3.63, 3.8) is 0 Å². The maximum absolute atomic E-state index is 5.58. The van der Waals surface area contributed by atoms with Gasteiger partial charge in [-0.25, -0.2) is 4.98 Å². The van der Waals surface area contributed by atoms with Crippen LogP contribution in [0.3, 0.4) is 0 Å². The zero-order valence-electron chi connectivity index (χ0n) is 8.23. The number of hydrogen-bond acceptors (Lipinski definition) is 2. The molecule has 0 saturated heterocycles. The summed E-state index contributed by atoms with van der Waals surface area (Å²) in [4.78, 5) is 7.38. The van der Waals surface area contributed by atoms with Crippen molar-refractivity contribution in [2.75, 3.05) is 5.73 Å². The van der Waals surface area contributed by atoms with E-state index >= 15 is 0 Å². The first kappa shape index (κ1) is 13.8. The Kier molecular flexibility index (Phi) is 5.19. The summed E-state index contributed by atoms with van der Waals surface area (Å²) in [6.07, 6.45) is 1.81. The van der Waals surface area contributed by atoms with Crippen LogP contribution in [0.1, 0.15) is 5.69 Å². The Bertz CT molecular complexity index is 409. The molecule has 2 aromatic rings. The second kappa shape index (κ2) is 5.63. The first-order chi connectivity index (χ1) is 6.25. The van der Waals surface area contributed by atoms with Gasteiger partial charge in [0, 0.05) is 23.1 Å². The minimum atomic E-state index is 0. The Balaban J connectivity index is 0.000000980. The van der Waals surface area contributed by atoms with E-state index in [9.17, 15) is 0 Å². The molecule has 3 N–H and O–H groups in total. The zero-order chi connectivity index (χ0) is 9.26. The third-order valence-electron chi connectivity index (χ3n) is 1.89. The molecule has 2 rings (SSSR count). The summed E-state index contributed by atoms with van der Waals surface area (Å²) in [5.74, 6) is 0.887. The van der Waals surface area contributed by atoms with Gasteiger partial charge in [-0.15, -0.1) is 24.8 Å². The van der Waals surface area contributed by atoms with Gasteiger partial charge in [0.1, 0.15) is 5.82 Å². The first-order valence-corrected chi connectivity index (χ1v) is 4.13. The lowest BCUT2D eigenvalue weighted by molar-refractivity contribution is 1.26. The van der Waals surface area contributed by atoms with Crippen molar-refractivity contribution in [1.29, 1.82) is 0 Å². The van der Waals surface area contributed by atoms with Gasteiger partial charge in [0.05, 0.1) is 0 Å². The van der Waals surface area contributed by atoms with Crippen LogP contribution in [-0.4, -0.2) is 9.97 Å². The monoisotopic (exact) mass is 245 g/mol. The second-order valence-electron chi connectivity index (χ2n) is 3.04. The molecule has 1 aromatic heterocycles. The van der Waals surface area contributed by atoms with Crippen LogP contribution in [0.2, 0.25) is 0 Å². The number of rotatable bonds is 1. The smallest absolute Gasteiger partial charge is 0.137 e. The van der Waals surface area contributed by atoms with Crippen LogP contribution in [0.4, 0.5) is 5.69 Å². The van der Waals surface area contributed by atoms with E-state index in [-0.39, 0.29) is 24.8 Å². The molecule has 0 bridgehead atoms. The lowest BCUT2D eigenvalue weighted by Gasteiger charge is -1.96. The van der Waals surface area contributed by atoms with Gasteiger partial charge in [0.25, 0.3) is 0 Å². The Morgan fingerprint density at radius 1 is 1.13 bits per heavy atom. The van der Waals surface area contributed by atoms with E-state index in [2.05, 4.69) is 9.97 Å². The summed E-state index contributed by atoms with van der Waals surface area (Å²) in [7, 11) is 0. The Morgan fingerprint density at radius 2 is 1.73 bits per heavy atom. The van der Waals surface area contributed by atoms with Crippen LogP contribution >= 0.6 is 24.8 Å². The van der Waals surface area contributed by atoms with Crippen molar-refractivity contribution in [3.8, 4) is 11.4 Å². The highest BCUT2D eigenvalue weighted by Crippen LogP contribution is 2.16. The van der Waals surface area contributed by atoms with Crippen molar-refractivity contribution in [1.82, 2.24) is 9.97 Å². The van der Waals surface area contributed by atoms with E-state index in [0.717, 1.165) is 22.8 Å². The molecule has 0 unspecified atom stereocenters. The highest BCUT2D eigenvalue weighted by Gasteiger charge is 1.99. The summed E-state index contributed by atoms with van der Waals surface area (Å²) < 4.78 is 0. The van der Waals surface area contributed by atoms with Crippen LogP contribution < -0.4 is 5.73 Å². The number of H-pyrrole nitrogens is 1. The molecule has 0 atom stereocenters. The van der Waals surface area contributed by atoms with Crippen molar-refractivity contribution >= 4 is 30.5 Å². The molecule has 0 radical (unpaired) electrons. The van der Waals surface area contributed by atoms with Crippen molar-refractivity contribution in [2.45, 2.75) is 6.92 Å². The number of imidazole rings is 1. The van der Waals surface area contributed by atoms with Gasteiger partial charge in [-0.1, -0.05) is 0 Å². The second-order valence-corrected chi connectivity index (χ2v) is 3.04. The van der Waals surface area contributed by atoms with Gasteiger partial charge in [0.15, 0.2) is 0 Å². The van der Waals surface area contributed by atoms with E-state index in [1.165, 1.54) is 0 Å². The highest BCUT2D eigenvalue weighted by molar-refractivity contribution is 5.85. The van der Waals surface area contributed by atoms with E-state index in [4.69, 9.17) is 5.73 Å². The number of aromatic amines is 1. The zero-order valence-corrected chi connectivity index (χ0v) is 9.86. The third-order valence-corrected chi connectivity index (χ3v) is 1.89. The van der Waals surface area contributed by atoms with Gasteiger partial charge in [-0.3, -0.25) is 0 Å². The number of nitrogens with one attached hydrogen (secondary N) is 1.